The Balaban J connectivity index is 1.46. The number of amidine groups is 1. The van der Waals surface area contributed by atoms with Gasteiger partial charge in [0.15, 0.2) is 6.23 Å². The van der Waals surface area contributed by atoms with Crippen molar-refractivity contribution >= 4 is 35.4 Å². The number of nitrogens with zero attached hydrogens (tertiary/aromatic N) is 3. The molecule has 4 rings (SSSR count). The minimum Gasteiger partial charge on any atom is -0.387 e. The molecule has 0 aliphatic carbocycles. The number of halogens is 4. The second-order valence-corrected chi connectivity index (χ2v) is 8.22. The summed E-state index contributed by atoms with van der Waals surface area (Å²) in [6.07, 6.45) is -5.04. The van der Waals surface area contributed by atoms with E-state index in [-0.39, 0.29) is 10.9 Å². The van der Waals surface area contributed by atoms with Crippen LogP contribution < -0.4 is 5.48 Å². The van der Waals surface area contributed by atoms with Crippen LogP contribution >= 0.6 is 23.2 Å². The highest BCUT2D eigenvalue weighted by molar-refractivity contribution is 6.42. The molecule has 1 aromatic carbocycles. The molecule has 174 valence electrons. The first kappa shape index (κ1) is 23.3. The molecule has 3 aliphatic heterocycles. The Morgan fingerprint density at radius 3 is 2.72 bits per heavy atom. The normalized spacial score (nSPS) is 32.4. The van der Waals surface area contributed by atoms with Crippen molar-refractivity contribution in [2.24, 2.45) is 15.9 Å². The zero-order chi connectivity index (χ0) is 23.0. The summed E-state index contributed by atoms with van der Waals surface area (Å²) in [5.41, 5.74) is 2.76. The number of aliphatic imine (C=N–C) groups is 2. The van der Waals surface area contributed by atoms with E-state index in [0.29, 0.717) is 10.6 Å². The Labute approximate surface area is 191 Å². The van der Waals surface area contributed by atoms with Crippen molar-refractivity contribution in [2.45, 2.75) is 43.2 Å². The van der Waals surface area contributed by atoms with E-state index in [0.717, 1.165) is 0 Å². The van der Waals surface area contributed by atoms with Gasteiger partial charge in [-0.15, -0.1) is 0 Å². The molecule has 0 bridgehead atoms. The van der Waals surface area contributed by atoms with Crippen molar-refractivity contribution < 1.29 is 33.7 Å². The fraction of sp³-hybridized carbons (Fsp3) is 0.474. The highest BCUT2D eigenvalue weighted by Gasteiger charge is 2.51. The zero-order valence-electron chi connectivity index (χ0n) is 16.3. The van der Waals surface area contributed by atoms with E-state index in [4.69, 9.17) is 32.8 Å². The van der Waals surface area contributed by atoms with E-state index < -0.39 is 55.8 Å². The molecule has 0 spiro atoms. The second kappa shape index (κ2) is 9.56. The number of aliphatic hydroxyl groups is 3. The van der Waals surface area contributed by atoms with Gasteiger partial charge < -0.3 is 25.0 Å². The van der Waals surface area contributed by atoms with Crippen LogP contribution in [0, 0.1) is 5.92 Å². The Kier molecular flexibility index (Phi) is 6.96. The fourth-order valence-electron chi connectivity index (χ4n) is 3.80. The molecule has 13 heteroatoms. The summed E-state index contributed by atoms with van der Waals surface area (Å²) in [7, 11) is 0. The van der Waals surface area contributed by atoms with Gasteiger partial charge in [-0.2, -0.15) is 0 Å². The molecule has 1 saturated heterocycles. The lowest BCUT2D eigenvalue weighted by Crippen LogP contribution is -2.49. The van der Waals surface area contributed by atoms with Gasteiger partial charge in [0, 0.05) is 6.20 Å². The number of rotatable bonds is 6. The van der Waals surface area contributed by atoms with Crippen LogP contribution in [-0.2, 0) is 9.57 Å². The number of alkyl halides is 2. The maximum atomic E-state index is 12.3. The number of aliphatic hydroxyl groups excluding tert-OH is 3. The van der Waals surface area contributed by atoms with Crippen LogP contribution in [0.4, 0.5) is 8.78 Å². The summed E-state index contributed by atoms with van der Waals surface area (Å²) in [5, 5.41) is 32.4. The van der Waals surface area contributed by atoms with Crippen molar-refractivity contribution in [1.29, 1.82) is 0 Å². The van der Waals surface area contributed by atoms with Gasteiger partial charge in [-0.1, -0.05) is 35.3 Å². The number of ether oxygens (including phenoxy) is 1. The first-order valence-corrected chi connectivity index (χ1v) is 10.4. The first-order chi connectivity index (χ1) is 15.3. The van der Waals surface area contributed by atoms with E-state index >= 15 is 0 Å². The van der Waals surface area contributed by atoms with E-state index in [2.05, 4.69) is 15.5 Å². The van der Waals surface area contributed by atoms with Gasteiger partial charge in [0.2, 0.25) is 0 Å². The number of benzene rings is 1. The maximum absolute atomic E-state index is 12.3. The summed E-state index contributed by atoms with van der Waals surface area (Å²) in [5.74, 6) is -0.227. The van der Waals surface area contributed by atoms with Crippen LogP contribution in [0.5, 0.6) is 0 Å². The molecular weight excluding hydrogens is 473 g/mol. The van der Waals surface area contributed by atoms with Crippen molar-refractivity contribution in [3.63, 3.8) is 0 Å². The van der Waals surface area contributed by atoms with Crippen molar-refractivity contribution in [3.8, 4) is 0 Å². The van der Waals surface area contributed by atoms with Gasteiger partial charge in [-0.05, 0) is 17.7 Å². The van der Waals surface area contributed by atoms with Crippen LogP contribution in [0.15, 0.2) is 40.5 Å². The smallest absolute Gasteiger partial charge is 0.264 e. The molecule has 4 N–H and O–H groups in total. The number of hydroxylamine groups is 1. The number of fused-ring (bicyclic) bond motifs is 1. The molecule has 3 aliphatic rings. The van der Waals surface area contributed by atoms with Gasteiger partial charge >= 0.3 is 0 Å². The third-order valence-electron chi connectivity index (χ3n) is 5.38. The van der Waals surface area contributed by atoms with Crippen LogP contribution in [0.1, 0.15) is 11.7 Å². The van der Waals surface area contributed by atoms with E-state index in [1.165, 1.54) is 18.5 Å². The SMILES string of the molecule is OC(c1ccc(Cl)c(Cl)c1)[C@H]1O[C@@H](N2C=CC3C(NOCC(F)F)=NC=NC32)[C@H](O)[C@@H]1O. The first-order valence-electron chi connectivity index (χ1n) is 9.63. The Hall–Kier alpha value is -1.86. The number of nitrogens with one attached hydrogen (secondary N) is 1. The molecule has 0 radical (unpaired) electrons. The van der Waals surface area contributed by atoms with E-state index in [9.17, 15) is 24.1 Å². The average molecular weight is 493 g/mol. The monoisotopic (exact) mass is 492 g/mol. The van der Waals surface area contributed by atoms with Crippen molar-refractivity contribution in [2.75, 3.05) is 6.61 Å². The van der Waals surface area contributed by atoms with Crippen LogP contribution in [0.25, 0.3) is 0 Å². The maximum Gasteiger partial charge on any atom is 0.264 e. The highest BCUT2D eigenvalue weighted by atomic mass is 35.5. The van der Waals surface area contributed by atoms with Crippen LogP contribution in [0.2, 0.25) is 10.0 Å². The molecule has 0 saturated carbocycles. The molecule has 3 unspecified atom stereocenters. The quantitative estimate of drug-likeness (QED) is 0.444. The second-order valence-electron chi connectivity index (χ2n) is 7.40. The fourth-order valence-corrected chi connectivity index (χ4v) is 4.11. The van der Waals surface area contributed by atoms with Crippen LogP contribution in [-0.4, -0.2) is 76.1 Å². The molecular formula is C19H20Cl2F2N4O5. The molecule has 3 heterocycles. The van der Waals surface area contributed by atoms with E-state index in [1.54, 1.807) is 23.2 Å². The van der Waals surface area contributed by atoms with Gasteiger partial charge in [0.25, 0.3) is 6.43 Å². The molecule has 7 atom stereocenters. The lowest BCUT2D eigenvalue weighted by molar-refractivity contribution is -0.111. The van der Waals surface area contributed by atoms with Gasteiger partial charge in [-0.3, -0.25) is 10.3 Å². The minimum absolute atomic E-state index is 0.225. The summed E-state index contributed by atoms with van der Waals surface area (Å²) in [6, 6.07) is 4.50. The summed E-state index contributed by atoms with van der Waals surface area (Å²) < 4.78 is 30.5. The Morgan fingerprint density at radius 2 is 2.00 bits per heavy atom. The molecule has 9 nitrogen and oxygen atoms in total. The molecule has 32 heavy (non-hydrogen) atoms. The largest absolute Gasteiger partial charge is 0.387 e. The van der Waals surface area contributed by atoms with Crippen LogP contribution in [0.3, 0.4) is 0 Å². The topological polar surface area (TPSA) is 119 Å². The molecule has 0 amide bonds. The highest BCUT2D eigenvalue weighted by Crippen LogP contribution is 2.38. The van der Waals surface area contributed by atoms with E-state index in [1.807, 2.05) is 0 Å². The Morgan fingerprint density at radius 1 is 1.22 bits per heavy atom. The predicted molar refractivity (Wildman–Crippen MR) is 111 cm³/mol. The zero-order valence-corrected chi connectivity index (χ0v) is 17.8. The Bertz CT molecular complexity index is 937. The molecule has 1 aromatic rings. The van der Waals surface area contributed by atoms with Gasteiger partial charge in [0.05, 0.1) is 16.0 Å². The van der Waals surface area contributed by atoms with Crippen molar-refractivity contribution in [1.82, 2.24) is 10.4 Å². The number of hydrogen-bond donors (Lipinski definition) is 4. The third kappa shape index (κ3) is 4.46. The lowest BCUT2D eigenvalue weighted by atomic mass is 9.99. The molecule has 1 fully saturated rings. The summed E-state index contributed by atoms with van der Waals surface area (Å²) in [6.45, 7) is -0.814. The predicted octanol–water partition coefficient (Wildman–Crippen LogP) is 1.47. The minimum atomic E-state index is -2.64. The lowest BCUT2D eigenvalue weighted by Gasteiger charge is -2.34. The summed E-state index contributed by atoms with van der Waals surface area (Å²) >= 11 is 11.9. The van der Waals surface area contributed by atoms with Gasteiger partial charge in [-0.25, -0.2) is 18.8 Å². The van der Waals surface area contributed by atoms with Gasteiger partial charge in [0.1, 0.15) is 49.4 Å². The average Bonchev–Trinajstić information content (AvgIpc) is 3.31. The number of hydrogen-bond acceptors (Lipinski definition) is 9. The summed E-state index contributed by atoms with van der Waals surface area (Å²) in [4.78, 5) is 14.6. The third-order valence-corrected chi connectivity index (χ3v) is 6.11. The van der Waals surface area contributed by atoms with Crippen molar-refractivity contribution in [3.05, 3.63) is 46.1 Å². The molecule has 0 aromatic heterocycles. The standard InChI is InChI=1S/C19H20Cl2F2N4O5/c20-10-2-1-8(5-11(10)21)13(28)16-14(29)15(30)19(32-16)27-4-3-9-17(24-7-25-18(9)27)26-31-6-12(22)23/h1-5,7,9,12-16,18-19,28-30H,6H2,(H,24,25,26)/t9?,13?,14-,15+,16+,18?,19+/m0/s1.